The second kappa shape index (κ2) is 2.77. The number of nitrogens with one attached hydrogen (secondary N) is 1. The van der Waals surface area contributed by atoms with Gasteiger partial charge in [0.1, 0.15) is 5.16 Å². The van der Waals surface area contributed by atoms with Crippen LogP contribution in [0.25, 0.3) is 0 Å². The van der Waals surface area contributed by atoms with Gasteiger partial charge in [-0.3, -0.25) is 5.01 Å². The molecule has 0 radical (unpaired) electrons. The van der Waals surface area contributed by atoms with Crippen molar-refractivity contribution in [3.05, 3.63) is 11.2 Å². The van der Waals surface area contributed by atoms with Crippen LogP contribution in [-0.4, -0.2) is 25.3 Å². The summed E-state index contributed by atoms with van der Waals surface area (Å²) in [5.41, 5.74) is 2.61. The molecule has 0 aliphatic carbocycles. The molecule has 1 aliphatic heterocycles. The fourth-order valence-electron chi connectivity index (χ4n) is 0.868. The van der Waals surface area contributed by atoms with Crippen molar-refractivity contribution in [2.45, 2.75) is 11.8 Å². The number of hydrazine groups is 1. The van der Waals surface area contributed by atoms with Gasteiger partial charge in [0.2, 0.25) is 0 Å². The summed E-state index contributed by atoms with van der Waals surface area (Å²) in [7, 11) is 3.09. The van der Waals surface area contributed by atoms with Crippen molar-refractivity contribution < 1.29 is 8.42 Å². The van der Waals surface area contributed by atoms with Gasteiger partial charge in [-0.1, -0.05) is 11.6 Å². The highest BCUT2D eigenvalue weighted by molar-refractivity contribution is 8.14. The summed E-state index contributed by atoms with van der Waals surface area (Å²) in [6.07, 6.45) is 1.34. The Bertz CT molecular complexity index is 326. The van der Waals surface area contributed by atoms with Crippen molar-refractivity contribution in [2.75, 3.05) is 7.05 Å². The van der Waals surface area contributed by atoms with E-state index in [2.05, 4.69) is 5.43 Å². The Labute approximate surface area is 80.5 Å². The average molecular weight is 231 g/mol. The molecule has 1 atom stereocenters. The lowest BCUT2D eigenvalue weighted by Crippen LogP contribution is -2.46. The quantitative estimate of drug-likeness (QED) is 0.535. The maximum Gasteiger partial charge on any atom is 0.256 e. The molecular formula is C5H8Cl2N2O2S. The second-order valence-corrected chi connectivity index (χ2v) is 6.01. The van der Waals surface area contributed by atoms with E-state index in [1.165, 1.54) is 18.0 Å². The Morgan fingerprint density at radius 1 is 1.67 bits per heavy atom. The van der Waals surface area contributed by atoms with Crippen LogP contribution in [0.3, 0.4) is 0 Å². The summed E-state index contributed by atoms with van der Waals surface area (Å²) in [6, 6.07) is 0. The Morgan fingerprint density at radius 3 is 2.33 bits per heavy atom. The fraction of sp³-hybridized carbons (Fsp3) is 0.600. The van der Waals surface area contributed by atoms with Crippen LogP contribution in [0.4, 0.5) is 0 Å². The molecule has 7 heteroatoms. The van der Waals surface area contributed by atoms with E-state index in [9.17, 15) is 8.42 Å². The van der Waals surface area contributed by atoms with Crippen LogP contribution < -0.4 is 5.43 Å². The first-order valence-corrected chi connectivity index (χ1v) is 5.79. The lowest BCUT2D eigenvalue weighted by molar-refractivity contribution is 0.309. The van der Waals surface area contributed by atoms with Crippen LogP contribution in [0.5, 0.6) is 0 Å². The molecule has 0 fully saturated rings. The van der Waals surface area contributed by atoms with E-state index in [1.807, 2.05) is 0 Å². The molecule has 0 amide bonds. The molecule has 1 rings (SSSR count). The molecule has 1 heterocycles. The first kappa shape index (κ1) is 10.1. The minimum atomic E-state index is -3.71. The number of halogens is 2. The maximum atomic E-state index is 11.0. The van der Waals surface area contributed by atoms with Gasteiger partial charge in [0.25, 0.3) is 9.05 Å². The van der Waals surface area contributed by atoms with Crippen molar-refractivity contribution in [3.8, 4) is 0 Å². The van der Waals surface area contributed by atoms with Crippen molar-refractivity contribution in [2.24, 2.45) is 0 Å². The van der Waals surface area contributed by atoms with E-state index in [1.54, 1.807) is 7.05 Å². The Balaban J connectivity index is 3.09. The van der Waals surface area contributed by atoms with Gasteiger partial charge in [-0.15, -0.1) is 0 Å². The van der Waals surface area contributed by atoms with E-state index >= 15 is 0 Å². The summed E-state index contributed by atoms with van der Waals surface area (Å²) >= 11 is 5.65. The van der Waals surface area contributed by atoms with Gasteiger partial charge in [0.15, 0.2) is 4.87 Å². The van der Waals surface area contributed by atoms with Crippen molar-refractivity contribution in [3.63, 3.8) is 0 Å². The number of rotatable bonds is 1. The van der Waals surface area contributed by atoms with Gasteiger partial charge in [0.05, 0.1) is 0 Å². The normalized spacial score (nSPS) is 30.7. The van der Waals surface area contributed by atoms with E-state index in [0.717, 1.165) is 0 Å². The Hall–Kier alpha value is 0.0300. The molecule has 1 N–H and O–H groups in total. The Kier molecular flexibility index (Phi) is 2.33. The lowest BCUT2D eigenvalue weighted by Gasteiger charge is -2.21. The van der Waals surface area contributed by atoms with E-state index in [4.69, 9.17) is 22.3 Å². The molecule has 0 aromatic carbocycles. The standard InChI is InChI=1S/C5H8Cl2N2O2S/c1-5(12(7,10)11)3-4(6)9(2)8-5/h3,8H,1-2H3. The number of hydrogen-bond donors (Lipinski definition) is 1. The largest absolute Gasteiger partial charge is 0.300 e. The third kappa shape index (κ3) is 1.54. The molecule has 4 nitrogen and oxygen atoms in total. The molecule has 0 aromatic rings. The zero-order valence-electron chi connectivity index (χ0n) is 6.51. The van der Waals surface area contributed by atoms with Gasteiger partial charge >= 0.3 is 0 Å². The lowest BCUT2D eigenvalue weighted by atomic mass is 10.4. The zero-order valence-corrected chi connectivity index (χ0v) is 8.83. The van der Waals surface area contributed by atoms with Gasteiger partial charge in [-0.05, 0) is 13.0 Å². The van der Waals surface area contributed by atoms with Crippen LogP contribution >= 0.6 is 22.3 Å². The third-order valence-electron chi connectivity index (χ3n) is 1.61. The molecule has 1 aliphatic rings. The van der Waals surface area contributed by atoms with E-state index in [-0.39, 0.29) is 0 Å². The smallest absolute Gasteiger partial charge is 0.256 e. The first-order chi connectivity index (χ1) is 5.26. The molecule has 0 spiro atoms. The maximum absolute atomic E-state index is 11.0. The average Bonchev–Trinajstić information content (AvgIpc) is 2.06. The van der Waals surface area contributed by atoms with Crippen molar-refractivity contribution in [1.82, 2.24) is 10.4 Å². The van der Waals surface area contributed by atoms with E-state index in [0.29, 0.717) is 5.16 Å². The van der Waals surface area contributed by atoms with Crippen LogP contribution in [0.15, 0.2) is 11.2 Å². The summed E-state index contributed by atoms with van der Waals surface area (Å²) < 4.78 is 22.0. The molecule has 0 saturated heterocycles. The van der Waals surface area contributed by atoms with Crippen LogP contribution in [-0.2, 0) is 9.05 Å². The number of hydrogen-bond acceptors (Lipinski definition) is 4. The predicted octanol–water partition coefficient (Wildman–Crippen LogP) is 0.801. The van der Waals surface area contributed by atoms with Crippen LogP contribution in [0.2, 0.25) is 0 Å². The molecule has 0 bridgehead atoms. The topological polar surface area (TPSA) is 49.4 Å². The van der Waals surface area contributed by atoms with Crippen LogP contribution in [0, 0.1) is 0 Å². The highest BCUT2D eigenvalue weighted by Crippen LogP contribution is 2.29. The van der Waals surface area contributed by atoms with Gasteiger partial charge in [0, 0.05) is 17.7 Å². The molecule has 0 aromatic heterocycles. The zero-order chi connectivity index (χ0) is 9.57. The van der Waals surface area contributed by atoms with E-state index < -0.39 is 13.9 Å². The highest BCUT2D eigenvalue weighted by Gasteiger charge is 2.41. The van der Waals surface area contributed by atoms with Gasteiger partial charge in [-0.25, -0.2) is 13.8 Å². The molecule has 1 unspecified atom stereocenters. The first-order valence-electron chi connectivity index (χ1n) is 3.10. The monoisotopic (exact) mass is 230 g/mol. The molecular weight excluding hydrogens is 223 g/mol. The predicted molar refractivity (Wildman–Crippen MR) is 48.0 cm³/mol. The molecule has 12 heavy (non-hydrogen) atoms. The van der Waals surface area contributed by atoms with Crippen LogP contribution in [0.1, 0.15) is 6.92 Å². The summed E-state index contributed by atoms with van der Waals surface area (Å²) in [4.78, 5) is -1.31. The van der Waals surface area contributed by atoms with Gasteiger partial charge < -0.3 is 0 Å². The summed E-state index contributed by atoms with van der Waals surface area (Å²) in [5.74, 6) is 0. The van der Waals surface area contributed by atoms with Crippen molar-refractivity contribution >= 4 is 31.3 Å². The highest BCUT2D eigenvalue weighted by atomic mass is 35.7. The van der Waals surface area contributed by atoms with Crippen molar-refractivity contribution in [1.29, 1.82) is 0 Å². The molecule has 70 valence electrons. The summed E-state index contributed by atoms with van der Waals surface area (Å²) in [6.45, 7) is 1.43. The number of nitrogens with zero attached hydrogens (tertiary/aromatic N) is 1. The fourth-order valence-corrected chi connectivity index (χ4v) is 1.93. The second-order valence-electron chi connectivity index (χ2n) is 2.68. The Morgan fingerprint density at radius 2 is 2.17 bits per heavy atom. The van der Waals surface area contributed by atoms with Gasteiger partial charge in [-0.2, -0.15) is 0 Å². The SMILES string of the molecule is CN1NC(C)(S(=O)(=O)Cl)C=C1Cl. The third-order valence-corrected chi connectivity index (χ3v) is 4.16. The summed E-state index contributed by atoms with van der Waals surface area (Å²) in [5, 5.41) is 1.70. The minimum absolute atomic E-state index is 0.307. The molecule has 0 saturated carbocycles. The minimum Gasteiger partial charge on any atom is -0.300 e.